The number of aliphatic carboxylic acids is 1. The first kappa shape index (κ1) is 78.7. The number of carbonyl (C=O) groups excluding carboxylic acids is 2. The van der Waals surface area contributed by atoms with E-state index in [0.717, 1.165) is 51.9 Å². The van der Waals surface area contributed by atoms with Crippen molar-refractivity contribution in [2.24, 2.45) is 0 Å². The van der Waals surface area contributed by atoms with Gasteiger partial charge < -0.3 is 100 Å². The van der Waals surface area contributed by atoms with E-state index in [2.05, 4.69) is 24.5 Å². The number of carbonyl (C=O) groups is 3. The van der Waals surface area contributed by atoms with E-state index in [4.69, 9.17) is 28.4 Å². The second-order valence-corrected chi connectivity index (χ2v) is 24.7. The Kier molecular flexibility index (Phi) is 41.3. The molecule has 3 fully saturated rings. The largest absolute Gasteiger partial charge is 0.477 e. The highest BCUT2D eigenvalue weighted by molar-refractivity contribution is 5.77. The van der Waals surface area contributed by atoms with Crippen molar-refractivity contribution in [2.75, 3.05) is 26.4 Å². The van der Waals surface area contributed by atoms with Crippen LogP contribution >= 0.6 is 0 Å². The molecule has 0 bridgehead atoms. The van der Waals surface area contributed by atoms with E-state index < -0.39 is 155 Å². The number of ether oxygens (including phenoxy) is 6. The number of nitrogens with one attached hydrogen (secondary N) is 2. The summed E-state index contributed by atoms with van der Waals surface area (Å²) in [5.41, 5.74) is 0. The molecule has 3 aliphatic heterocycles. The van der Waals surface area contributed by atoms with Gasteiger partial charge in [0.05, 0.1) is 50.7 Å². The molecule has 510 valence electrons. The molecular weight excluding hydrogens is 1130 g/mol. The number of aliphatic hydroxyl groups excluding tert-OH is 11. The van der Waals surface area contributed by atoms with Crippen LogP contribution in [0.25, 0.3) is 0 Å². The van der Waals surface area contributed by atoms with Gasteiger partial charge in [0.15, 0.2) is 12.6 Å². The van der Waals surface area contributed by atoms with Crippen LogP contribution in [-0.2, 0) is 42.8 Å². The van der Waals surface area contributed by atoms with Crippen molar-refractivity contribution < 1.29 is 104 Å². The van der Waals surface area contributed by atoms with E-state index in [1.54, 1.807) is 6.08 Å². The van der Waals surface area contributed by atoms with Gasteiger partial charge in [-0.05, 0) is 19.3 Å². The summed E-state index contributed by atoms with van der Waals surface area (Å²) in [4.78, 5) is 38.5. The van der Waals surface area contributed by atoms with E-state index in [-0.39, 0.29) is 12.3 Å². The van der Waals surface area contributed by atoms with Gasteiger partial charge in [-0.3, -0.25) is 9.59 Å². The third-order valence-electron chi connectivity index (χ3n) is 17.2. The van der Waals surface area contributed by atoms with Gasteiger partial charge in [0.25, 0.3) is 5.79 Å². The highest BCUT2D eigenvalue weighted by Crippen LogP contribution is 2.39. The topological polar surface area (TPSA) is 373 Å². The maximum atomic E-state index is 13.4. The summed E-state index contributed by atoms with van der Waals surface area (Å²) >= 11 is 0. The lowest BCUT2D eigenvalue weighted by Crippen LogP contribution is -2.70. The number of hydrogen-bond donors (Lipinski definition) is 14. The quantitative estimate of drug-likeness (QED) is 0.0278. The number of unbranched alkanes of at least 4 members (excludes halogenated alkanes) is 30. The number of aliphatic hydroxyl groups is 11. The molecule has 3 rings (SSSR count). The smallest absolute Gasteiger partial charge is 0.364 e. The Hall–Kier alpha value is -2.53. The van der Waals surface area contributed by atoms with Gasteiger partial charge in [0.1, 0.15) is 67.1 Å². The van der Waals surface area contributed by atoms with Gasteiger partial charge in [-0.15, -0.1) is 0 Å². The molecule has 0 radical (unpaired) electrons. The number of carboxylic acids is 1. The standard InChI is InChI=1S/C64H118N2O21/c1-4-6-8-10-12-14-16-18-19-20-21-22-23-24-26-28-30-32-34-36-38-51(74)66-45(46(71)37-35-33-31-29-27-25-17-15-13-11-9-7-5-2)43-82-61-56(78)55(77)58(50(42-69)84-61)85-62-57(79)60(54(76)49(41-68)83-62)87-64(63(80)81)39-47(72)52(65-44(3)70)59(86-64)53(75)48(73)40-67/h35,37,45-50,52-62,67-69,71-73,75-79H,4-34,36,38-43H2,1-3H3,(H,65,70)(H,66,74)(H,80,81)/b37-35+/t45-,46?,47?,48?,49?,50?,52?,53?,54?,55?,56?,57?,58?,59?,60?,61?,62?,64?/m0/s1. The van der Waals surface area contributed by atoms with Gasteiger partial charge in [-0.1, -0.05) is 212 Å². The summed E-state index contributed by atoms with van der Waals surface area (Å²) in [5.74, 6) is -6.14. The highest BCUT2D eigenvalue weighted by atomic mass is 16.8. The molecule has 23 nitrogen and oxygen atoms in total. The molecule has 0 aliphatic carbocycles. The fourth-order valence-electron chi connectivity index (χ4n) is 11.8. The molecular formula is C64H118N2O21. The first-order valence-electron chi connectivity index (χ1n) is 33.6. The lowest BCUT2D eigenvalue weighted by Gasteiger charge is -2.50. The molecule has 14 N–H and O–H groups in total. The first-order valence-corrected chi connectivity index (χ1v) is 33.6. The van der Waals surface area contributed by atoms with Crippen LogP contribution in [0.1, 0.15) is 239 Å². The maximum absolute atomic E-state index is 13.4. The summed E-state index contributed by atoms with van der Waals surface area (Å²) in [7, 11) is 0. The normalized spacial score (nSPS) is 29.2. The van der Waals surface area contributed by atoms with Crippen molar-refractivity contribution in [1.29, 1.82) is 0 Å². The monoisotopic (exact) mass is 1250 g/mol. The number of hydrogen-bond acceptors (Lipinski definition) is 20. The Morgan fingerprint density at radius 3 is 1.53 bits per heavy atom. The fraction of sp³-hybridized carbons (Fsp3) is 0.922. The van der Waals surface area contributed by atoms with Gasteiger partial charge >= 0.3 is 5.97 Å². The molecule has 0 aromatic heterocycles. The van der Waals surface area contributed by atoms with Crippen molar-refractivity contribution in [3.63, 3.8) is 0 Å². The zero-order chi connectivity index (χ0) is 64.0. The maximum Gasteiger partial charge on any atom is 0.364 e. The van der Waals surface area contributed by atoms with Gasteiger partial charge in [-0.25, -0.2) is 4.79 Å². The number of amides is 2. The Bertz CT molecular complexity index is 1820. The average molecular weight is 1250 g/mol. The predicted octanol–water partition coefficient (Wildman–Crippen LogP) is 5.12. The van der Waals surface area contributed by atoms with Crippen molar-refractivity contribution in [1.82, 2.24) is 10.6 Å². The number of carboxylic acid groups (broad SMARTS) is 1. The van der Waals surface area contributed by atoms with Gasteiger partial charge in [0, 0.05) is 19.8 Å². The molecule has 17 unspecified atom stereocenters. The molecule has 87 heavy (non-hydrogen) atoms. The molecule has 2 amide bonds. The molecule has 0 spiro atoms. The highest BCUT2D eigenvalue weighted by Gasteiger charge is 2.60. The van der Waals surface area contributed by atoms with Crippen molar-refractivity contribution in [3.8, 4) is 0 Å². The Balaban J connectivity index is 1.61. The molecule has 0 aromatic rings. The minimum absolute atomic E-state index is 0.205. The minimum atomic E-state index is -3.08. The van der Waals surface area contributed by atoms with Crippen molar-refractivity contribution >= 4 is 17.8 Å². The molecule has 3 saturated heterocycles. The van der Waals surface area contributed by atoms with E-state index in [1.165, 1.54) is 148 Å². The predicted molar refractivity (Wildman–Crippen MR) is 325 cm³/mol. The van der Waals surface area contributed by atoms with Crippen LogP contribution in [0.4, 0.5) is 0 Å². The molecule has 23 heteroatoms. The Morgan fingerprint density at radius 2 is 1.07 bits per heavy atom. The molecule has 0 aromatic carbocycles. The zero-order valence-corrected chi connectivity index (χ0v) is 52.9. The van der Waals surface area contributed by atoms with Gasteiger partial charge in [0.2, 0.25) is 11.8 Å². The van der Waals surface area contributed by atoms with E-state index >= 15 is 0 Å². The fourth-order valence-corrected chi connectivity index (χ4v) is 11.8. The number of rotatable bonds is 50. The third kappa shape index (κ3) is 28.9. The van der Waals surface area contributed by atoms with Crippen LogP contribution in [0, 0.1) is 0 Å². The average Bonchev–Trinajstić information content (AvgIpc) is 1.65. The van der Waals surface area contributed by atoms with Crippen LogP contribution in [0.5, 0.6) is 0 Å². The number of allylic oxidation sites excluding steroid dienone is 1. The van der Waals surface area contributed by atoms with E-state index in [1.807, 2.05) is 6.08 Å². The summed E-state index contributed by atoms with van der Waals surface area (Å²) in [6.45, 7) is 2.13. The van der Waals surface area contributed by atoms with Crippen LogP contribution < -0.4 is 10.6 Å². The SMILES string of the molecule is CCCCCCCCCCCCC/C=C/C(O)[C@H](COC1OC(CO)C(OC2OC(CO)C(O)C(OC3(C(=O)O)CC(O)C(NC(C)=O)C(C(O)C(O)CO)O3)C2O)C(O)C1O)NC(=O)CCCCCCCCCCCCCCCCCCCCCC. The van der Waals surface area contributed by atoms with Crippen LogP contribution in [0.2, 0.25) is 0 Å². The summed E-state index contributed by atoms with van der Waals surface area (Å²) in [5, 5.41) is 136. The molecule has 18 atom stereocenters. The molecule has 3 aliphatic rings. The minimum Gasteiger partial charge on any atom is -0.477 e. The lowest BCUT2D eigenvalue weighted by atomic mass is 9.88. The third-order valence-corrected chi connectivity index (χ3v) is 17.2. The van der Waals surface area contributed by atoms with Crippen LogP contribution in [0.3, 0.4) is 0 Å². The zero-order valence-electron chi connectivity index (χ0n) is 52.9. The van der Waals surface area contributed by atoms with Crippen LogP contribution in [-0.4, -0.2) is 215 Å². The van der Waals surface area contributed by atoms with E-state index in [0.29, 0.717) is 12.8 Å². The summed E-state index contributed by atoms with van der Waals surface area (Å²) in [6, 6.07) is -2.61. The first-order chi connectivity index (χ1) is 41.9. The Labute approximate surface area is 518 Å². The molecule has 0 saturated carbocycles. The van der Waals surface area contributed by atoms with Gasteiger partial charge in [-0.2, -0.15) is 0 Å². The second-order valence-electron chi connectivity index (χ2n) is 24.7. The summed E-state index contributed by atoms with van der Waals surface area (Å²) in [6.07, 6.45) is 12.6. The van der Waals surface area contributed by atoms with Crippen molar-refractivity contribution in [2.45, 2.75) is 349 Å². The van der Waals surface area contributed by atoms with Crippen LogP contribution in [0.15, 0.2) is 12.2 Å². The van der Waals surface area contributed by atoms with Crippen molar-refractivity contribution in [3.05, 3.63) is 12.2 Å². The lowest BCUT2D eigenvalue weighted by molar-refractivity contribution is -0.386. The second kappa shape index (κ2) is 45.7. The summed E-state index contributed by atoms with van der Waals surface area (Å²) < 4.78 is 34.7. The molecule has 3 heterocycles. The van der Waals surface area contributed by atoms with E-state index in [9.17, 15) is 75.7 Å². The Morgan fingerprint density at radius 1 is 0.598 bits per heavy atom.